The zero-order valence-corrected chi connectivity index (χ0v) is 19.7. The molecule has 7 nitrogen and oxygen atoms in total. The highest BCUT2D eigenvalue weighted by Gasteiger charge is 2.29. The number of amides is 2. The van der Waals surface area contributed by atoms with E-state index >= 15 is 0 Å². The Morgan fingerprint density at radius 1 is 1.09 bits per heavy atom. The number of anilines is 1. The van der Waals surface area contributed by atoms with Crippen molar-refractivity contribution >= 4 is 39.2 Å². The third-order valence-corrected chi connectivity index (χ3v) is 7.24. The highest BCUT2D eigenvalue weighted by atomic mass is 32.1. The van der Waals surface area contributed by atoms with Crippen molar-refractivity contribution in [1.29, 1.82) is 0 Å². The van der Waals surface area contributed by atoms with Crippen LogP contribution in [0.25, 0.3) is 15.9 Å². The van der Waals surface area contributed by atoms with Crippen LogP contribution in [0.1, 0.15) is 33.8 Å². The Morgan fingerprint density at radius 3 is 2.50 bits per heavy atom. The van der Waals surface area contributed by atoms with E-state index in [9.17, 15) is 14.0 Å². The zero-order chi connectivity index (χ0) is 23.8. The number of aromatic nitrogens is 3. The molecule has 1 saturated heterocycles. The van der Waals surface area contributed by atoms with Gasteiger partial charge in [0.05, 0.1) is 16.3 Å². The number of carbonyl (C=O) groups excluding carboxylic acids is 2. The third kappa shape index (κ3) is 4.31. The lowest BCUT2D eigenvalue weighted by Gasteiger charge is -2.31. The Bertz CT molecular complexity index is 1350. The van der Waals surface area contributed by atoms with E-state index in [-0.39, 0.29) is 23.5 Å². The molecule has 174 valence electrons. The van der Waals surface area contributed by atoms with E-state index in [1.54, 1.807) is 29.1 Å². The summed E-state index contributed by atoms with van der Waals surface area (Å²) in [5.74, 6) is -0.00226. The van der Waals surface area contributed by atoms with Crippen LogP contribution in [0, 0.1) is 25.6 Å². The van der Waals surface area contributed by atoms with E-state index in [1.807, 2.05) is 30.9 Å². The van der Waals surface area contributed by atoms with Gasteiger partial charge in [0.25, 0.3) is 5.91 Å². The van der Waals surface area contributed by atoms with Gasteiger partial charge in [0.1, 0.15) is 16.5 Å². The van der Waals surface area contributed by atoms with Gasteiger partial charge in [0.2, 0.25) is 5.91 Å². The Kier molecular flexibility index (Phi) is 5.87. The second kappa shape index (κ2) is 8.98. The van der Waals surface area contributed by atoms with Gasteiger partial charge in [-0.25, -0.2) is 14.1 Å². The van der Waals surface area contributed by atoms with E-state index in [2.05, 4.69) is 15.4 Å². The molecule has 1 aliphatic heterocycles. The van der Waals surface area contributed by atoms with Crippen molar-refractivity contribution in [3.8, 4) is 5.69 Å². The van der Waals surface area contributed by atoms with E-state index < -0.39 is 0 Å². The number of nitrogens with zero attached hydrogens (tertiary/aromatic N) is 4. The fourth-order valence-electron chi connectivity index (χ4n) is 4.18. The van der Waals surface area contributed by atoms with Crippen LogP contribution in [-0.4, -0.2) is 44.6 Å². The summed E-state index contributed by atoms with van der Waals surface area (Å²) in [6.07, 6.45) is 2.94. The van der Waals surface area contributed by atoms with Crippen LogP contribution in [-0.2, 0) is 4.79 Å². The van der Waals surface area contributed by atoms with E-state index in [1.165, 1.54) is 23.5 Å². The first kappa shape index (κ1) is 22.2. The van der Waals surface area contributed by atoms with Gasteiger partial charge >= 0.3 is 0 Å². The zero-order valence-electron chi connectivity index (χ0n) is 18.9. The quantitative estimate of drug-likeness (QED) is 0.461. The van der Waals surface area contributed by atoms with E-state index in [0.717, 1.165) is 27.2 Å². The average molecular weight is 478 g/mol. The molecule has 34 heavy (non-hydrogen) atoms. The molecule has 0 saturated carbocycles. The lowest BCUT2D eigenvalue weighted by Crippen LogP contribution is -2.41. The molecule has 1 aromatic carbocycles. The lowest BCUT2D eigenvalue weighted by atomic mass is 9.95. The number of benzene rings is 1. The average Bonchev–Trinajstić information content (AvgIpc) is 3.41. The summed E-state index contributed by atoms with van der Waals surface area (Å²) in [5, 5.41) is 8.35. The van der Waals surface area contributed by atoms with Crippen LogP contribution < -0.4 is 5.32 Å². The van der Waals surface area contributed by atoms with Crippen molar-refractivity contribution in [3.05, 3.63) is 70.6 Å². The summed E-state index contributed by atoms with van der Waals surface area (Å²) in [5.41, 5.74) is 2.59. The fourth-order valence-corrected chi connectivity index (χ4v) is 5.33. The first-order valence-corrected chi connectivity index (χ1v) is 12.0. The normalized spacial score (nSPS) is 14.5. The number of rotatable bonds is 4. The largest absolute Gasteiger partial charge is 0.338 e. The Balaban J connectivity index is 1.27. The van der Waals surface area contributed by atoms with Gasteiger partial charge in [-0.1, -0.05) is 6.07 Å². The maximum Gasteiger partial charge on any atom is 0.264 e. The van der Waals surface area contributed by atoms with Crippen LogP contribution in [0.4, 0.5) is 10.2 Å². The van der Waals surface area contributed by atoms with Crippen molar-refractivity contribution in [3.63, 3.8) is 0 Å². The first-order chi connectivity index (χ1) is 16.4. The second-order valence-electron chi connectivity index (χ2n) is 8.58. The topological polar surface area (TPSA) is 80.1 Å². The Hall–Kier alpha value is -3.59. The number of nitrogens with one attached hydrogen (secondary N) is 1. The summed E-state index contributed by atoms with van der Waals surface area (Å²) in [6, 6.07) is 11.7. The van der Waals surface area contributed by atoms with Crippen LogP contribution in [0.5, 0.6) is 0 Å². The van der Waals surface area contributed by atoms with Gasteiger partial charge in [0.15, 0.2) is 0 Å². The monoisotopic (exact) mass is 477 g/mol. The molecule has 0 radical (unpaired) electrons. The molecule has 3 aromatic heterocycles. The van der Waals surface area contributed by atoms with Crippen molar-refractivity contribution < 1.29 is 14.0 Å². The fraction of sp³-hybridized carbons (Fsp3) is 0.280. The number of fused-ring (bicyclic) bond motifs is 1. The predicted octanol–water partition coefficient (Wildman–Crippen LogP) is 4.73. The number of thiophene rings is 1. The molecule has 0 spiro atoms. The number of carbonyl (C=O) groups is 2. The number of hydrogen-bond acceptors (Lipinski definition) is 5. The minimum atomic E-state index is -0.307. The Morgan fingerprint density at radius 2 is 1.82 bits per heavy atom. The van der Waals surface area contributed by atoms with Crippen LogP contribution in [0.15, 0.2) is 48.7 Å². The van der Waals surface area contributed by atoms with E-state index in [0.29, 0.717) is 36.6 Å². The van der Waals surface area contributed by atoms with Crippen LogP contribution in [0.2, 0.25) is 0 Å². The SMILES string of the molecule is Cc1ccc(NC(=O)C2CCN(C(=O)c3cc4c(C)nn(-c5ccc(F)cc5)c4s3)CC2)nc1. The third-order valence-electron chi connectivity index (χ3n) is 6.14. The molecule has 0 unspecified atom stereocenters. The summed E-state index contributed by atoms with van der Waals surface area (Å²) in [4.78, 5) is 33.4. The summed E-state index contributed by atoms with van der Waals surface area (Å²) >= 11 is 1.38. The minimum absolute atomic E-state index is 0.0367. The summed E-state index contributed by atoms with van der Waals surface area (Å²) in [7, 11) is 0. The lowest BCUT2D eigenvalue weighted by molar-refractivity contribution is -0.121. The van der Waals surface area contributed by atoms with Crippen LogP contribution in [0.3, 0.4) is 0 Å². The molecule has 4 heterocycles. The molecule has 0 aliphatic carbocycles. The molecule has 0 bridgehead atoms. The molecule has 4 aromatic rings. The Labute approximate surface area is 200 Å². The number of likely N-dealkylation sites (tertiary alicyclic amines) is 1. The molecular weight excluding hydrogens is 453 g/mol. The molecule has 1 fully saturated rings. The number of piperidine rings is 1. The molecule has 5 rings (SSSR count). The number of pyridine rings is 1. The van der Waals surface area contributed by atoms with Gasteiger partial charge in [-0.15, -0.1) is 11.3 Å². The second-order valence-corrected chi connectivity index (χ2v) is 9.61. The number of halogens is 1. The van der Waals surface area contributed by atoms with E-state index in [4.69, 9.17) is 0 Å². The van der Waals surface area contributed by atoms with Crippen molar-refractivity contribution in [2.75, 3.05) is 18.4 Å². The summed E-state index contributed by atoms with van der Waals surface area (Å²) in [6.45, 7) is 4.89. The summed E-state index contributed by atoms with van der Waals surface area (Å²) < 4.78 is 15.1. The number of hydrogen-bond donors (Lipinski definition) is 1. The molecule has 1 N–H and O–H groups in total. The van der Waals surface area contributed by atoms with Crippen molar-refractivity contribution in [1.82, 2.24) is 19.7 Å². The smallest absolute Gasteiger partial charge is 0.264 e. The van der Waals surface area contributed by atoms with Gasteiger partial charge in [-0.2, -0.15) is 5.10 Å². The molecule has 9 heteroatoms. The van der Waals surface area contributed by atoms with Gasteiger partial charge in [0, 0.05) is 30.6 Å². The maximum atomic E-state index is 13.3. The standard InChI is InChI=1S/C25H24FN5O2S/c1-15-3-8-22(27-14-15)28-23(32)17-9-11-30(12-10-17)24(33)21-13-20-16(2)29-31(25(20)34-21)19-6-4-18(26)5-7-19/h3-8,13-14,17H,9-12H2,1-2H3,(H,27,28,32). The molecule has 2 amide bonds. The molecule has 0 atom stereocenters. The predicted molar refractivity (Wildman–Crippen MR) is 130 cm³/mol. The van der Waals surface area contributed by atoms with Gasteiger partial charge < -0.3 is 10.2 Å². The first-order valence-electron chi connectivity index (χ1n) is 11.2. The molecular formula is C25H24FN5O2S. The molecule has 1 aliphatic rings. The maximum absolute atomic E-state index is 13.3. The highest BCUT2D eigenvalue weighted by molar-refractivity contribution is 7.20. The highest BCUT2D eigenvalue weighted by Crippen LogP contribution is 2.32. The van der Waals surface area contributed by atoms with Crippen molar-refractivity contribution in [2.45, 2.75) is 26.7 Å². The minimum Gasteiger partial charge on any atom is -0.338 e. The number of aryl methyl sites for hydroxylation is 2. The van der Waals surface area contributed by atoms with Gasteiger partial charge in [-0.3, -0.25) is 9.59 Å². The van der Waals surface area contributed by atoms with Gasteiger partial charge in [-0.05, 0) is 68.7 Å². The van der Waals surface area contributed by atoms with Crippen molar-refractivity contribution in [2.24, 2.45) is 5.92 Å². The van der Waals surface area contributed by atoms with Crippen LogP contribution >= 0.6 is 11.3 Å².